The van der Waals surface area contributed by atoms with Gasteiger partial charge in [-0.15, -0.1) is 36.2 Å². The predicted octanol–water partition coefficient (Wildman–Crippen LogP) is 3.12. The third kappa shape index (κ3) is 7.27. The van der Waals surface area contributed by atoms with Crippen LogP contribution >= 0.6 is 36.2 Å². The standard InChI is InChI=1S/C15H25N3OS.2ClH/c1-12-18-13(10-20-12)4-3-5-14(19)17-11-15(2)6-8-16-9-7-15;;/h10,16H,3-9,11H2,1-2H3,(H,17,19);2*1H. The lowest BCUT2D eigenvalue weighted by atomic mass is 9.81. The highest BCUT2D eigenvalue weighted by atomic mass is 35.5. The van der Waals surface area contributed by atoms with E-state index in [2.05, 4.69) is 27.9 Å². The van der Waals surface area contributed by atoms with Crippen LogP contribution in [0.4, 0.5) is 0 Å². The number of aryl methyl sites for hydroxylation is 2. The summed E-state index contributed by atoms with van der Waals surface area (Å²) in [7, 11) is 0. The van der Waals surface area contributed by atoms with E-state index >= 15 is 0 Å². The molecule has 1 aliphatic heterocycles. The minimum Gasteiger partial charge on any atom is -0.356 e. The van der Waals surface area contributed by atoms with Crippen LogP contribution in [0.25, 0.3) is 0 Å². The van der Waals surface area contributed by atoms with Gasteiger partial charge in [0.05, 0.1) is 10.7 Å². The van der Waals surface area contributed by atoms with Gasteiger partial charge >= 0.3 is 0 Å². The van der Waals surface area contributed by atoms with Crippen molar-refractivity contribution >= 4 is 42.1 Å². The van der Waals surface area contributed by atoms with Crippen LogP contribution in [0.3, 0.4) is 0 Å². The van der Waals surface area contributed by atoms with Gasteiger partial charge in [-0.2, -0.15) is 0 Å². The Morgan fingerprint density at radius 1 is 1.41 bits per heavy atom. The van der Waals surface area contributed by atoms with Gasteiger partial charge in [0.15, 0.2) is 0 Å². The van der Waals surface area contributed by atoms with E-state index < -0.39 is 0 Å². The molecule has 0 spiro atoms. The van der Waals surface area contributed by atoms with Gasteiger partial charge in [-0.05, 0) is 51.1 Å². The summed E-state index contributed by atoms with van der Waals surface area (Å²) in [6.07, 6.45) is 4.67. The molecule has 2 N–H and O–H groups in total. The smallest absolute Gasteiger partial charge is 0.220 e. The molecule has 0 aliphatic carbocycles. The molecule has 0 saturated carbocycles. The van der Waals surface area contributed by atoms with Crippen LogP contribution in [0.5, 0.6) is 0 Å². The Morgan fingerprint density at radius 3 is 2.68 bits per heavy atom. The Hall–Kier alpha value is -0.360. The molecule has 0 bridgehead atoms. The van der Waals surface area contributed by atoms with Crippen molar-refractivity contribution in [1.29, 1.82) is 0 Å². The van der Waals surface area contributed by atoms with E-state index in [1.54, 1.807) is 11.3 Å². The molecule has 1 saturated heterocycles. The zero-order chi connectivity index (χ0) is 14.4. The molecule has 0 radical (unpaired) electrons. The van der Waals surface area contributed by atoms with E-state index in [9.17, 15) is 4.79 Å². The van der Waals surface area contributed by atoms with Gasteiger partial charge < -0.3 is 10.6 Å². The third-order valence-electron chi connectivity index (χ3n) is 4.03. The molecule has 1 fully saturated rings. The van der Waals surface area contributed by atoms with Crippen molar-refractivity contribution in [3.05, 3.63) is 16.1 Å². The highest BCUT2D eigenvalue weighted by Gasteiger charge is 2.26. The van der Waals surface area contributed by atoms with Gasteiger partial charge in [-0.3, -0.25) is 4.79 Å². The number of thiazole rings is 1. The molecule has 2 rings (SSSR count). The summed E-state index contributed by atoms with van der Waals surface area (Å²) in [5.41, 5.74) is 1.39. The first kappa shape index (κ1) is 21.6. The van der Waals surface area contributed by atoms with Crippen molar-refractivity contribution in [1.82, 2.24) is 15.6 Å². The topological polar surface area (TPSA) is 54.0 Å². The van der Waals surface area contributed by atoms with Crippen molar-refractivity contribution < 1.29 is 4.79 Å². The van der Waals surface area contributed by atoms with Crippen LogP contribution in [-0.4, -0.2) is 30.5 Å². The number of amides is 1. The number of nitrogens with zero attached hydrogens (tertiary/aromatic N) is 1. The van der Waals surface area contributed by atoms with Crippen LogP contribution in [0, 0.1) is 12.3 Å². The van der Waals surface area contributed by atoms with Crippen LogP contribution in [0.2, 0.25) is 0 Å². The summed E-state index contributed by atoms with van der Waals surface area (Å²) in [5, 5.41) is 9.65. The molecular formula is C15H27Cl2N3OS. The summed E-state index contributed by atoms with van der Waals surface area (Å²) in [5.74, 6) is 0.178. The fraction of sp³-hybridized carbons (Fsp3) is 0.733. The van der Waals surface area contributed by atoms with Crippen molar-refractivity contribution in [2.24, 2.45) is 5.41 Å². The maximum Gasteiger partial charge on any atom is 0.220 e. The molecule has 7 heteroatoms. The maximum atomic E-state index is 11.9. The molecule has 22 heavy (non-hydrogen) atoms. The van der Waals surface area contributed by atoms with Crippen molar-refractivity contribution in [3.8, 4) is 0 Å². The molecule has 0 unspecified atom stereocenters. The van der Waals surface area contributed by atoms with E-state index in [0.717, 1.165) is 56.0 Å². The first-order valence-electron chi connectivity index (χ1n) is 7.46. The van der Waals surface area contributed by atoms with Crippen molar-refractivity contribution in [3.63, 3.8) is 0 Å². The fourth-order valence-corrected chi connectivity index (χ4v) is 3.21. The first-order valence-corrected chi connectivity index (χ1v) is 8.34. The van der Waals surface area contributed by atoms with Gasteiger partial charge in [-0.1, -0.05) is 6.92 Å². The normalized spacial score (nSPS) is 16.3. The second-order valence-corrected chi connectivity index (χ2v) is 7.11. The number of aromatic nitrogens is 1. The van der Waals surface area contributed by atoms with Crippen LogP contribution < -0.4 is 10.6 Å². The molecule has 2 heterocycles. The van der Waals surface area contributed by atoms with E-state index in [-0.39, 0.29) is 36.1 Å². The Bertz CT molecular complexity index is 448. The van der Waals surface area contributed by atoms with Crippen LogP contribution in [-0.2, 0) is 11.2 Å². The zero-order valence-electron chi connectivity index (χ0n) is 13.3. The minimum atomic E-state index is 0. The monoisotopic (exact) mass is 367 g/mol. The SMILES string of the molecule is Cc1nc(CCCC(=O)NCC2(C)CCNCC2)cs1.Cl.Cl. The second kappa shape index (κ2) is 10.4. The van der Waals surface area contributed by atoms with Crippen LogP contribution in [0.1, 0.15) is 43.3 Å². The molecule has 4 nitrogen and oxygen atoms in total. The maximum absolute atomic E-state index is 11.9. The Labute approximate surface area is 149 Å². The quantitative estimate of drug-likeness (QED) is 0.811. The Balaban J connectivity index is 0.00000220. The molecule has 1 aromatic heterocycles. The predicted molar refractivity (Wildman–Crippen MR) is 97.5 cm³/mol. The fourth-order valence-electron chi connectivity index (χ4n) is 2.56. The van der Waals surface area contributed by atoms with E-state index in [4.69, 9.17) is 0 Å². The average Bonchev–Trinajstić information content (AvgIpc) is 2.83. The van der Waals surface area contributed by atoms with Gasteiger partial charge in [-0.25, -0.2) is 4.98 Å². The third-order valence-corrected chi connectivity index (χ3v) is 4.85. The lowest BCUT2D eigenvalue weighted by molar-refractivity contribution is -0.121. The summed E-state index contributed by atoms with van der Waals surface area (Å²) in [6.45, 7) is 7.22. The van der Waals surface area contributed by atoms with Crippen molar-refractivity contribution in [2.75, 3.05) is 19.6 Å². The summed E-state index contributed by atoms with van der Waals surface area (Å²) >= 11 is 1.67. The molecule has 0 aromatic carbocycles. The largest absolute Gasteiger partial charge is 0.356 e. The van der Waals surface area contributed by atoms with Gasteiger partial charge in [0.25, 0.3) is 0 Å². The highest BCUT2D eigenvalue weighted by Crippen LogP contribution is 2.26. The first-order chi connectivity index (χ1) is 9.57. The number of carbonyl (C=O) groups excluding carboxylic acids is 1. The number of nitrogens with one attached hydrogen (secondary N) is 2. The number of halogens is 2. The minimum absolute atomic E-state index is 0. The molecular weight excluding hydrogens is 341 g/mol. The molecule has 1 aliphatic rings. The lowest BCUT2D eigenvalue weighted by Crippen LogP contribution is -2.42. The molecule has 128 valence electrons. The zero-order valence-corrected chi connectivity index (χ0v) is 15.8. The van der Waals surface area contributed by atoms with E-state index in [0.29, 0.717) is 6.42 Å². The number of rotatable bonds is 6. The average molecular weight is 368 g/mol. The van der Waals surface area contributed by atoms with Gasteiger partial charge in [0.2, 0.25) is 5.91 Å². The number of piperidine rings is 1. The van der Waals surface area contributed by atoms with Crippen molar-refractivity contribution in [2.45, 2.75) is 46.0 Å². The van der Waals surface area contributed by atoms with E-state index in [1.165, 1.54) is 0 Å². The summed E-state index contributed by atoms with van der Waals surface area (Å²) < 4.78 is 0. The van der Waals surface area contributed by atoms with Gasteiger partial charge in [0, 0.05) is 18.3 Å². The number of carbonyl (C=O) groups is 1. The number of hydrogen-bond acceptors (Lipinski definition) is 4. The van der Waals surface area contributed by atoms with Crippen LogP contribution in [0.15, 0.2) is 5.38 Å². The summed E-state index contributed by atoms with van der Waals surface area (Å²) in [6, 6.07) is 0. The Morgan fingerprint density at radius 2 is 2.09 bits per heavy atom. The molecule has 1 aromatic rings. The Kier molecular flexibility index (Phi) is 10.3. The summed E-state index contributed by atoms with van der Waals surface area (Å²) in [4.78, 5) is 16.3. The van der Waals surface area contributed by atoms with Gasteiger partial charge in [0.1, 0.15) is 0 Å². The lowest BCUT2D eigenvalue weighted by Gasteiger charge is -2.34. The second-order valence-electron chi connectivity index (χ2n) is 6.05. The highest BCUT2D eigenvalue weighted by molar-refractivity contribution is 7.09. The molecule has 0 atom stereocenters. The number of hydrogen-bond donors (Lipinski definition) is 2. The molecule has 1 amide bonds. The van der Waals surface area contributed by atoms with E-state index in [1.807, 2.05) is 6.92 Å².